The van der Waals surface area contributed by atoms with Crippen LogP contribution in [0.1, 0.15) is 5.56 Å². The van der Waals surface area contributed by atoms with E-state index >= 15 is 0 Å². The van der Waals surface area contributed by atoms with Crippen molar-refractivity contribution in [2.75, 3.05) is 50.2 Å². The second-order valence-corrected chi connectivity index (χ2v) is 7.66. The number of carbonyl (C=O) groups is 2. The average Bonchev–Trinajstić information content (AvgIpc) is 2.77. The van der Waals surface area contributed by atoms with Crippen LogP contribution in [-0.2, 0) is 14.3 Å². The van der Waals surface area contributed by atoms with E-state index < -0.39 is 5.91 Å². The largest absolute Gasteiger partial charge is 0.493 e. The van der Waals surface area contributed by atoms with Crippen molar-refractivity contribution in [3.63, 3.8) is 0 Å². The summed E-state index contributed by atoms with van der Waals surface area (Å²) in [5, 5.41) is 2.95. The third kappa shape index (κ3) is 6.47. The zero-order valence-corrected chi connectivity index (χ0v) is 18.7. The lowest BCUT2D eigenvalue weighted by Crippen LogP contribution is -2.36. The summed E-state index contributed by atoms with van der Waals surface area (Å²) < 4.78 is 16.9. The smallest absolute Gasteiger partial charge is 0.255 e. The maximum Gasteiger partial charge on any atom is 0.255 e. The third-order valence-electron chi connectivity index (χ3n) is 4.55. The fourth-order valence-corrected chi connectivity index (χ4v) is 3.45. The monoisotopic (exact) mass is 489 g/mol. The van der Waals surface area contributed by atoms with Crippen LogP contribution in [0.15, 0.2) is 46.9 Å². The number of halogens is 1. The molecule has 3 rings (SSSR count). The van der Waals surface area contributed by atoms with Gasteiger partial charge in [-0.25, -0.2) is 0 Å². The van der Waals surface area contributed by atoms with E-state index in [1.807, 2.05) is 18.2 Å². The fourth-order valence-electron chi connectivity index (χ4n) is 3.09. The highest BCUT2D eigenvalue weighted by Crippen LogP contribution is 2.31. The minimum Gasteiger partial charge on any atom is -0.493 e. The van der Waals surface area contributed by atoms with Crippen molar-refractivity contribution in [1.29, 1.82) is 0 Å². The van der Waals surface area contributed by atoms with Gasteiger partial charge in [-0.15, -0.1) is 0 Å². The van der Waals surface area contributed by atoms with E-state index in [-0.39, 0.29) is 12.5 Å². The Hall–Kier alpha value is -3.04. The predicted octanol–water partition coefficient (Wildman–Crippen LogP) is 2.81. The van der Waals surface area contributed by atoms with E-state index in [0.717, 1.165) is 34.5 Å². The van der Waals surface area contributed by atoms with E-state index in [2.05, 4.69) is 26.1 Å². The van der Waals surface area contributed by atoms with Crippen LogP contribution in [0.2, 0.25) is 0 Å². The third-order valence-corrected chi connectivity index (χ3v) is 5.05. The van der Waals surface area contributed by atoms with Gasteiger partial charge in [-0.3, -0.25) is 9.59 Å². The second kappa shape index (κ2) is 10.8. The minimum absolute atomic E-state index is 0.244. The standard InChI is InChI=1S/C22H24BrN3O5/c1-29-20-12-15(2-6-19(20)31-14-21(24)27)3-7-22(28)25-17-13-16(23)4-5-18(17)26-8-10-30-11-9-26/h2-7,12-13H,8-11,14H2,1H3,(H2,24,27)(H,25,28)/b7-3+. The molecule has 9 heteroatoms. The van der Waals surface area contributed by atoms with Gasteiger partial charge < -0.3 is 30.2 Å². The highest BCUT2D eigenvalue weighted by molar-refractivity contribution is 9.10. The average molecular weight is 490 g/mol. The molecule has 8 nitrogen and oxygen atoms in total. The van der Waals surface area contributed by atoms with Gasteiger partial charge >= 0.3 is 0 Å². The van der Waals surface area contributed by atoms with Crippen LogP contribution in [0.25, 0.3) is 6.08 Å². The molecule has 0 aromatic heterocycles. The van der Waals surface area contributed by atoms with Crippen molar-refractivity contribution < 1.29 is 23.8 Å². The molecule has 1 fully saturated rings. The van der Waals surface area contributed by atoms with Crippen LogP contribution in [0.4, 0.5) is 11.4 Å². The van der Waals surface area contributed by atoms with Crippen LogP contribution < -0.4 is 25.4 Å². The van der Waals surface area contributed by atoms with Crippen LogP contribution in [0.5, 0.6) is 11.5 Å². The molecule has 2 aromatic carbocycles. The molecular formula is C22H24BrN3O5. The molecule has 0 saturated carbocycles. The lowest BCUT2D eigenvalue weighted by molar-refractivity contribution is -0.120. The lowest BCUT2D eigenvalue weighted by Gasteiger charge is -2.30. The molecule has 0 aliphatic carbocycles. The second-order valence-electron chi connectivity index (χ2n) is 6.75. The number of primary amides is 1. The first kappa shape index (κ1) is 22.6. The molecule has 2 amide bonds. The Morgan fingerprint density at radius 2 is 1.97 bits per heavy atom. The molecule has 0 atom stereocenters. The van der Waals surface area contributed by atoms with E-state index in [9.17, 15) is 9.59 Å². The zero-order chi connectivity index (χ0) is 22.2. The first-order valence-electron chi connectivity index (χ1n) is 9.66. The summed E-state index contributed by atoms with van der Waals surface area (Å²) in [7, 11) is 1.49. The number of methoxy groups -OCH3 is 1. The summed E-state index contributed by atoms with van der Waals surface area (Å²) in [5.74, 6) is -0.00934. The fraction of sp³-hybridized carbons (Fsp3) is 0.273. The van der Waals surface area contributed by atoms with Gasteiger partial charge in [0, 0.05) is 23.6 Å². The Morgan fingerprint density at radius 3 is 2.68 bits per heavy atom. The maximum atomic E-state index is 12.6. The van der Waals surface area contributed by atoms with E-state index in [4.69, 9.17) is 19.9 Å². The Bertz CT molecular complexity index is 974. The predicted molar refractivity (Wildman–Crippen MR) is 123 cm³/mol. The lowest BCUT2D eigenvalue weighted by atomic mass is 10.2. The first-order chi connectivity index (χ1) is 15.0. The van der Waals surface area contributed by atoms with Crippen LogP contribution in [0, 0.1) is 0 Å². The molecule has 0 bridgehead atoms. The number of nitrogens with one attached hydrogen (secondary N) is 1. The Balaban J connectivity index is 1.71. The molecule has 3 N–H and O–H groups in total. The summed E-state index contributed by atoms with van der Waals surface area (Å²) in [5.41, 5.74) is 7.51. The highest BCUT2D eigenvalue weighted by Gasteiger charge is 2.16. The molecule has 2 aromatic rings. The van der Waals surface area contributed by atoms with Gasteiger partial charge in [0.25, 0.3) is 5.91 Å². The van der Waals surface area contributed by atoms with Crippen LogP contribution in [-0.4, -0.2) is 51.8 Å². The highest BCUT2D eigenvalue weighted by atomic mass is 79.9. The zero-order valence-electron chi connectivity index (χ0n) is 17.1. The van der Waals surface area contributed by atoms with E-state index in [1.54, 1.807) is 24.3 Å². The molecule has 0 spiro atoms. The SMILES string of the molecule is COc1cc(/C=C/C(=O)Nc2cc(Br)ccc2N2CCOCC2)ccc1OCC(N)=O. The number of rotatable bonds is 8. The van der Waals surface area contributed by atoms with Gasteiger partial charge in [0.2, 0.25) is 5.91 Å². The van der Waals surface area contributed by atoms with Crippen LogP contribution in [0.3, 0.4) is 0 Å². The molecule has 164 valence electrons. The van der Waals surface area contributed by atoms with Crippen LogP contribution >= 0.6 is 15.9 Å². The molecule has 1 aliphatic heterocycles. The first-order valence-corrected chi connectivity index (χ1v) is 10.5. The number of benzene rings is 2. The Labute approximate surface area is 189 Å². The van der Waals surface area contributed by atoms with Gasteiger partial charge in [0.1, 0.15) is 0 Å². The summed E-state index contributed by atoms with van der Waals surface area (Å²) in [6.07, 6.45) is 3.12. The van der Waals surface area contributed by atoms with Crippen molar-refractivity contribution in [1.82, 2.24) is 0 Å². The number of nitrogens with zero attached hydrogens (tertiary/aromatic N) is 1. The normalized spacial score (nSPS) is 13.8. The molecular weight excluding hydrogens is 466 g/mol. The molecule has 0 unspecified atom stereocenters. The molecule has 0 radical (unpaired) electrons. The van der Waals surface area contributed by atoms with Crippen molar-refractivity contribution in [2.45, 2.75) is 0 Å². The topological polar surface area (TPSA) is 103 Å². The molecule has 1 aliphatic rings. The summed E-state index contributed by atoms with van der Waals surface area (Å²) in [4.78, 5) is 25.7. The van der Waals surface area contributed by atoms with Crippen molar-refractivity contribution >= 4 is 45.2 Å². The number of ether oxygens (including phenoxy) is 3. The molecule has 1 heterocycles. The maximum absolute atomic E-state index is 12.6. The van der Waals surface area contributed by atoms with Gasteiger partial charge in [-0.2, -0.15) is 0 Å². The van der Waals surface area contributed by atoms with Crippen molar-refractivity contribution in [3.8, 4) is 11.5 Å². The Morgan fingerprint density at radius 1 is 1.19 bits per heavy atom. The number of hydrogen-bond donors (Lipinski definition) is 2. The number of amides is 2. The molecule has 31 heavy (non-hydrogen) atoms. The van der Waals surface area contributed by atoms with Crippen molar-refractivity contribution in [3.05, 3.63) is 52.5 Å². The molecule has 1 saturated heterocycles. The Kier molecular flexibility index (Phi) is 7.91. The van der Waals surface area contributed by atoms with Crippen molar-refractivity contribution in [2.24, 2.45) is 5.73 Å². The summed E-state index contributed by atoms with van der Waals surface area (Å²) in [6, 6.07) is 10.9. The van der Waals surface area contributed by atoms with Gasteiger partial charge in [0.05, 0.1) is 31.7 Å². The summed E-state index contributed by atoms with van der Waals surface area (Å²) >= 11 is 3.46. The van der Waals surface area contributed by atoms with E-state index in [0.29, 0.717) is 24.7 Å². The minimum atomic E-state index is -0.577. The number of morpholine rings is 1. The summed E-state index contributed by atoms with van der Waals surface area (Å²) in [6.45, 7) is 2.61. The number of hydrogen-bond acceptors (Lipinski definition) is 6. The van der Waals surface area contributed by atoms with E-state index in [1.165, 1.54) is 13.2 Å². The van der Waals surface area contributed by atoms with Gasteiger partial charge in [-0.1, -0.05) is 22.0 Å². The number of anilines is 2. The van der Waals surface area contributed by atoms with Gasteiger partial charge in [0.15, 0.2) is 18.1 Å². The number of carbonyl (C=O) groups excluding carboxylic acids is 2. The van der Waals surface area contributed by atoms with Gasteiger partial charge in [-0.05, 0) is 42.0 Å². The quantitative estimate of drug-likeness (QED) is 0.552. The number of nitrogens with two attached hydrogens (primary N) is 1.